The third kappa shape index (κ3) is 3.69. The highest BCUT2D eigenvalue weighted by Gasteiger charge is 2.31. The number of benzene rings is 1. The minimum Gasteiger partial charge on any atom is -0.359 e. The van der Waals surface area contributed by atoms with Gasteiger partial charge < -0.3 is 9.42 Å². The monoisotopic (exact) mass is 344 g/mol. The van der Waals surface area contributed by atoms with Crippen LogP contribution >= 0.6 is 0 Å². The molecule has 1 amide bonds. The van der Waals surface area contributed by atoms with Crippen LogP contribution in [0, 0.1) is 17.0 Å². The first-order valence-corrected chi connectivity index (χ1v) is 8.14. The van der Waals surface area contributed by atoms with Crippen LogP contribution < -0.4 is 4.90 Å². The molecule has 2 heterocycles. The molecule has 1 saturated heterocycles. The van der Waals surface area contributed by atoms with Crippen molar-refractivity contribution < 1.29 is 14.2 Å². The lowest BCUT2D eigenvalue weighted by molar-refractivity contribution is -0.384. The standard InChI is InChI=1S/C17H20N4O4/c1-12-10-16(25-18-12)15-4-3-9-20(15)11-17(22)19(2)13-5-7-14(8-6-13)21(23)24/h5-8,10,15H,3-4,9,11H2,1-2H3/t15-/m1/s1. The van der Waals surface area contributed by atoms with Gasteiger partial charge in [0.25, 0.3) is 5.69 Å². The van der Waals surface area contributed by atoms with Gasteiger partial charge in [-0.15, -0.1) is 0 Å². The Hall–Kier alpha value is -2.74. The summed E-state index contributed by atoms with van der Waals surface area (Å²) in [7, 11) is 1.67. The normalized spacial score (nSPS) is 17.6. The molecule has 25 heavy (non-hydrogen) atoms. The highest BCUT2D eigenvalue weighted by Crippen LogP contribution is 2.32. The summed E-state index contributed by atoms with van der Waals surface area (Å²) in [5.41, 5.74) is 1.46. The Bertz CT molecular complexity index is 771. The maximum Gasteiger partial charge on any atom is 0.269 e. The number of aryl methyl sites for hydroxylation is 1. The minimum absolute atomic E-state index is 0.00453. The van der Waals surface area contributed by atoms with E-state index in [9.17, 15) is 14.9 Å². The number of nitro groups is 1. The quantitative estimate of drug-likeness (QED) is 0.611. The van der Waals surface area contributed by atoms with Crippen LogP contribution in [0.25, 0.3) is 0 Å². The maximum atomic E-state index is 12.6. The predicted octanol–water partition coefficient (Wildman–Crippen LogP) is 2.69. The largest absolute Gasteiger partial charge is 0.359 e. The van der Waals surface area contributed by atoms with Gasteiger partial charge in [0.05, 0.1) is 23.2 Å². The average molecular weight is 344 g/mol. The van der Waals surface area contributed by atoms with E-state index >= 15 is 0 Å². The first-order valence-electron chi connectivity index (χ1n) is 8.14. The van der Waals surface area contributed by atoms with E-state index in [0.717, 1.165) is 30.8 Å². The molecule has 0 radical (unpaired) electrons. The number of aromatic nitrogens is 1. The summed E-state index contributed by atoms with van der Waals surface area (Å²) in [6.07, 6.45) is 1.93. The molecule has 1 aliphatic heterocycles. The second kappa shape index (κ2) is 7.02. The Kier molecular flexibility index (Phi) is 4.80. The van der Waals surface area contributed by atoms with Crippen LogP contribution in [-0.2, 0) is 4.79 Å². The topological polar surface area (TPSA) is 92.7 Å². The summed E-state index contributed by atoms with van der Waals surface area (Å²) in [6.45, 7) is 2.96. The summed E-state index contributed by atoms with van der Waals surface area (Å²) in [5, 5.41) is 14.7. The van der Waals surface area contributed by atoms with E-state index < -0.39 is 4.92 Å². The molecule has 2 aromatic rings. The number of anilines is 1. The summed E-state index contributed by atoms with van der Waals surface area (Å²) in [6, 6.07) is 7.93. The molecule has 0 unspecified atom stereocenters. The van der Waals surface area contributed by atoms with E-state index in [2.05, 4.69) is 10.1 Å². The Labute approximate surface area is 145 Å². The van der Waals surface area contributed by atoms with Gasteiger partial charge in [0, 0.05) is 30.9 Å². The van der Waals surface area contributed by atoms with Gasteiger partial charge in [0.1, 0.15) is 0 Å². The molecule has 0 saturated carbocycles. The van der Waals surface area contributed by atoms with E-state index in [1.807, 2.05) is 13.0 Å². The third-order valence-electron chi connectivity index (χ3n) is 4.50. The van der Waals surface area contributed by atoms with Crippen molar-refractivity contribution >= 4 is 17.3 Å². The number of nitro benzene ring substituents is 1. The van der Waals surface area contributed by atoms with Crippen LogP contribution in [0.1, 0.15) is 30.3 Å². The molecule has 1 atom stereocenters. The molecule has 1 aromatic heterocycles. The van der Waals surface area contributed by atoms with Crippen LogP contribution in [0.5, 0.6) is 0 Å². The van der Waals surface area contributed by atoms with E-state index in [0.29, 0.717) is 5.69 Å². The van der Waals surface area contributed by atoms with Gasteiger partial charge in [-0.25, -0.2) is 0 Å². The zero-order valence-electron chi connectivity index (χ0n) is 14.2. The molecular formula is C17H20N4O4. The zero-order valence-corrected chi connectivity index (χ0v) is 14.2. The van der Waals surface area contributed by atoms with Crippen molar-refractivity contribution in [1.82, 2.24) is 10.1 Å². The van der Waals surface area contributed by atoms with Gasteiger partial charge in [-0.3, -0.25) is 19.8 Å². The highest BCUT2D eigenvalue weighted by atomic mass is 16.6. The van der Waals surface area contributed by atoms with E-state index in [1.54, 1.807) is 19.2 Å². The fourth-order valence-corrected chi connectivity index (χ4v) is 3.10. The number of carbonyl (C=O) groups excluding carboxylic acids is 1. The molecule has 132 valence electrons. The number of likely N-dealkylation sites (tertiary alicyclic amines) is 1. The number of hydrogen-bond donors (Lipinski definition) is 0. The van der Waals surface area contributed by atoms with Crippen LogP contribution in [0.2, 0.25) is 0 Å². The number of likely N-dealkylation sites (N-methyl/N-ethyl adjacent to an activating group) is 1. The summed E-state index contributed by atoms with van der Waals surface area (Å²) in [4.78, 5) is 26.5. The molecule has 3 rings (SSSR count). The smallest absolute Gasteiger partial charge is 0.269 e. The maximum absolute atomic E-state index is 12.6. The fraction of sp³-hybridized carbons (Fsp3) is 0.412. The molecule has 0 aliphatic carbocycles. The molecule has 8 heteroatoms. The van der Waals surface area contributed by atoms with Crippen LogP contribution in [0.15, 0.2) is 34.9 Å². The van der Waals surface area contributed by atoms with Gasteiger partial charge in [-0.1, -0.05) is 5.16 Å². The summed E-state index contributed by atoms with van der Waals surface area (Å²) in [5.74, 6) is 0.720. The predicted molar refractivity (Wildman–Crippen MR) is 91.3 cm³/mol. The van der Waals surface area contributed by atoms with Crippen molar-refractivity contribution in [2.75, 3.05) is 25.0 Å². The second-order valence-corrected chi connectivity index (χ2v) is 6.23. The third-order valence-corrected chi connectivity index (χ3v) is 4.50. The van der Waals surface area contributed by atoms with Crippen molar-refractivity contribution in [3.63, 3.8) is 0 Å². The van der Waals surface area contributed by atoms with Crippen LogP contribution in [0.4, 0.5) is 11.4 Å². The molecule has 8 nitrogen and oxygen atoms in total. The molecular weight excluding hydrogens is 324 g/mol. The Morgan fingerprint density at radius 1 is 1.44 bits per heavy atom. The molecule has 0 spiro atoms. The Morgan fingerprint density at radius 3 is 2.76 bits per heavy atom. The van der Waals surface area contributed by atoms with Crippen molar-refractivity contribution in [3.05, 3.63) is 51.9 Å². The molecule has 1 aromatic carbocycles. The lowest BCUT2D eigenvalue weighted by atomic mass is 10.1. The Balaban J connectivity index is 1.67. The number of non-ortho nitro benzene ring substituents is 1. The van der Waals surface area contributed by atoms with Crippen LogP contribution in [0.3, 0.4) is 0 Å². The number of nitrogens with zero attached hydrogens (tertiary/aromatic N) is 4. The van der Waals surface area contributed by atoms with Gasteiger partial charge in [0.15, 0.2) is 5.76 Å². The minimum atomic E-state index is -0.459. The van der Waals surface area contributed by atoms with E-state index in [1.165, 1.54) is 17.0 Å². The number of hydrogen-bond acceptors (Lipinski definition) is 6. The van der Waals surface area contributed by atoms with Crippen molar-refractivity contribution in [3.8, 4) is 0 Å². The molecule has 0 bridgehead atoms. The highest BCUT2D eigenvalue weighted by molar-refractivity contribution is 5.94. The van der Waals surface area contributed by atoms with Crippen molar-refractivity contribution in [2.24, 2.45) is 0 Å². The van der Waals surface area contributed by atoms with Crippen molar-refractivity contribution in [2.45, 2.75) is 25.8 Å². The second-order valence-electron chi connectivity index (χ2n) is 6.23. The molecule has 1 fully saturated rings. The van der Waals surface area contributed by atoms with Crippen molar-refractivity contribution in [1.29, 1.82) is 0 Å². The van der Waals surface area contributed by atoms with Gasteiger partial charge in [0.2, 0.25) is 5.91 Å². The first kappa shape index (κ1) is 17.1. The van der Waals surface area contributed by atoms with Gasteiger partial charge in [-0.2, -0.15) is 0 Å². The SMILES string of the molecule is Cc1cc([C@H]2CCCN2CC(=O)N(C)c2ccc([N+](=O)[O-])cc2)on1. The number of rotatable bonds is 5. The lowest BCUT2D eigenvalue weighted by Crippen LogP contribution is -2.38. The summed E-state index contributed by atoms with van der Waals surface area (Å²) < 4.78 is 5.36. The fourth-order valence-electron chi connectivity index (χ4n) is 3.10. The molecule has 1 aliphatic rings. The molecule has 0 N–H and O–H groups in total. The summed E-state index contributed by atoms with van der Waals surface area (Å²) >= 11 is 0. The van der Waals surface area contributed by atoms with Crippen LogP contribution in [-0.4, -0.2) is 41.0 Å². The average Bonchev–Trinajstić information content (AvgIpc) is 3.22. The number of carbonyl (C=O) groups is 1. The Morgan fingerprint density at radius 2 is 2.16 bits per heavy atom. The number of amides is 1. The van der Waals surface area contributed by atoms with Gasteiger partial charge >= 0.3 is 0 Å². The van der Waals surface area contributed by atoms with Gasteiger partial charge in [-0.05, 0) is 38.4 Å². The van der Waals surface area contributed by atoms with E-state index in [-0.39, 0.29) is 24.2 Å². The zero-order chi connectivity index (χ0) is 18.0. The lowest BCUT2D eigenvalue weighted by Gasteiger charge is -2.25. The van der Waals surface area contributed by atoms with E-state index in [4.69, 9.17) is 4.52 Å². The first-order chi connectivity index (χ1) is 12.0.